The molecule has 0 saturated heterocycles. The van der Waals surface area contributed by atoms with Crippen molar-refractivity contribution in [2.24, 2.45) is 11.7 Å². The Kier molecular flexibility index (Phi) is 4.51. The molecule has 2 aromatic heterocycles. The fourth-order valence-electron chi connectivity index (χ4n) is 3.57. The van der Waals surface area contributed by atoms with E-state index in [0.717, 1.165) is 31.1 Å². The van der Waals surface area contributed by atoms with Gasteiger partial charge in [-0.15, -0.1) is 0 Å². The lowest BCUT2D eigenvalue weighted by Crippen LogP contribution is -2.44. The molecule has 3 rings (SSSR count). The Bertz CT molecular complexity index is 546. The smallest absolute Gasteiger partial charge is 0.233 e. The van der Waals surface area contributed by atoms with E-state index < -0.39 is 0 Å². The number of hydrogen-bond acceptors (Lipinski definition) is 4. The molecular formula is C16H25N5. The van der Waals surface area contributed by atoms with E-state index in [4.69, 9.17) is 5.73 Å². The second-order valence-corrected chi connectivity index (χ2v) is 5.97. The van der Waals surface area contributed by atoms with E-state index in [2.05, 4.69) is 28.0 Å². The van der Waals surface area contributed by atoms with Crippen LogP contribution in [0.15, 0.2) is 24.7 Å². The van der Waals surface area contributed by atoms with Crippen molar-refractivity contribution in [3.63, 3.8) is 0 Å². The maximum absolute atomic E-state index is 5.98. The minimum Gasteiger partial charge on any atom is -0.330 e. The van der Waals surface area contributed by atoms with E-state index in [1.54, 1.807) is 6.20 Å². The third-order valence-electron chi connectivity index (χ3n) is 4.70. The van der Waals surface area contributed by atoms with Crippen LogP contribution >= 0.6 is 0 Å². The van der Waals surface area contributed by atoms with Crippen LogP contribution in [0.5, 0.6) is 0 Å². The Hall–Kier alpha value is -1.46. The fourth-order valence-corrected chi connectivity index (χ4v) is 3.57. The normalized spacial score (nSPS) is 23.0. The van der Waals surface area contributed by atoms with E-state index in [9.17, 15) is 0 Å². The van der Waals surface area contributed by atoms with Crippen molar-refractivity contribution in [1.29, 1.82) is 0 Å². The molecule has 0 amide bonds. The van der Waals surface area contributed by atoms with Crippen LogP contribution in [0.1, 0.15) is 38.3 Å². The average molecular weight is 287 g/mol. The predicted molar refractivity (Wildman–Crippen MR) is 83.9 cm³/mol. The van der Waals surface area contributed by atoms with Gasteiger partial charge in [0.05, 0.1) is 5.69 Å². The number of nitrogens with zero attached hydrogens (tertiary/aromatic N) is 4. The third kappa shape index (κ3) is 3.09. The molecule has 0 spiro atoms. The van der Waals surface area contributed by atoms with Crippen LogP contribution < -0.4 is 5.73 Å². The van der Waals surface area contributed by atoms with Gasteiger partial charge in [0.15, 0.2) is 0 Å². The van der Waals surface area contributed by atoms with Crippen molar-refractivity contribution in [3.05, 3.63) is 30.4 Å². The van der Waals surface area contributed by atoms with Gasteiger partial charge in [0.2, 0.25) is 5.78 Å². The van der Waals surface area contributed by atoms with Crippen LogP contribution in [-0.2, 0) is 6.54 Å². The minimum atomic E-state index is 0.603. The first-order chi connectivity index (χ1) is 10.3. The highest BCUT2D eigenvalue weighted by Gasteiger charge is 2.28. The van der Waals surface area contributed by atoms with E-state index in [1.807, 2.05) is 16.7 Å². The molecule has 21 heavy (non-hydrogen) atoms. The second kappa shape index (κ2) is 6.54. The predicted octanol–water partition coefficient (Wildman–Crippen LogP) is 2.07. The summed E-state index contributed by atoms with van der Waals surface area (Å²) in [5.41, 5.74) is 7.08. The van der Waals surface area contributed by atoms with Gasteiger partial charge >= 0.3 is 0 Å². The Labute approximate surface area is 126 Å². The average Bonchev–Trinajstić information content (AvgIpc) is 2.95. The summed E-state index contributed by atoms with van der Waals surface area (Å²) in [6.45, 7) is 4.97. The standard InChI is InChI=1S/C16H25N5/c1-2-20(15-7-4-3-6-13(15)10-17)11-14-12-21-9-5-8-18-16(21)19-14/h5,8-9,12-13,15H,2-4,6-7,10-11,17H2,1H3. The first-order valence-electron chi connectivity index (χ1n) is 8.04. The van der Waals surface area contributed by atoms with Gasteiger partial charge in [-0.1, -0.05) is 19.8 Å². The topological polar surface area (TPSA) is 59.5 Å². The molecule has 0 bridgehead atoms. The number of hydrogen-bond donors (Lipinski definition) is 1. The molecule has 2 atom stereocenters. The molecule has 1 aliphatic carbocycles. The summed E-state index contributed by atoms with van der Waals surface area (Å²) < 4.78 is 1.99. The van der Waals surface area contributed by atoms with Gasteiger partial charge in [-0.3, -0.25) is 9.30 Å². The molecular weight excluding hydrogens is 262 g/mol. The molecule has 1 fully saturated rings. The van der Waals surface area contributed by atoms with Gasteiger partial charge in [-0.05, 0) is 37.9 Å². The van der Waals surface area contributed by atoms with Crippen molar-refractivity contribution in [2.45, 2.75) is 45.2 Å². The summed E-state index contributed by atoms with van der Waals surface area (Å²) in [4.78, 5) is 11.5. The molecule has 2 aromatic rings. The van der Waals surface area contributed by atoms with Crippen LogP contribution in [0.25, 0.3) is 5.78 Å². The van der Waals surface area contributed by atoms with Crippen molar-refractivity contribution < 1.29 is 0 Å². The Morgan fingerprint density at radius 1 is 1.38 bits per heavy atom. The number of imidazole rings is 1. The zero-order chi connectivity index (χ0) is 14.7. The monoisotopic (exact) mass is 287 g/mol. The highest BCUT2D eigenvalue weighted by molar-refractivity contribution is 5.29. The van der Waals surface area contributed by atoms with Crippen molar-refractivity contribution in [2.75, 3.05) is 13.1 Å². The molecule has 5 heteroatoms. The van der Waals surface area contributed by atoms with E-state index in [0.29, 0.717) is 12.0 Å². The zero-order valence-corrected chi connectivity index (χ0v) is 12.8. The van der Waals surface area contributed by atoms with Crippen molar-refractivity contribution in [1.82, 2.24) is 19.3 Å². The van der Waals surface area contributed by atoms with E-state index >= 15 is 0 Å². The lowest BCUT2D eigenvalue weighted by atomic mass is 9.83. The Balaban J connectivity index is 1.76. The van der Waals surface area contributed by atoms with Crippen LogP contribution in [0.3, 0.4) is 0 Å². The summed E-state index contributed by atoms with van der Waals surface area (Å²) in [7, 11) is 0. The Morgan fingerprint density at radius 3 is 3.00 bits per heavy atom. The molecule has 5 nitrogen and oxygen atoms in total. The first-order valence-corrected chi connectivity index (χ1v) is 8.04. The minimum absolute atomic E-state index is 0.603. The molecule has 0 aliphatic heterocycles. The first kappa shape index (κ1) is 14.5. The van der Waals surface area contributed by atoms with Crippen molar-refractivity contribution >= 4 is 5.78 Å². The molecule has 0 radical (unpaired) electrons. The van der Waals surface area contributed by atoms with Crippen LogP contribution in [0, 0.1) is 5.92 Å². The summed E-state index contributed by atoms with van der Waals surface area (Å²) in [6.07, 6.45) is 11.1. The third-order valence-corrected chi connectivity index (χ3v) is 4.70. The number of fused-ring (bicyclic) bond motifs is 1. The molecule has 0 aromatic carbocycles. The Morgan fingerprint density at radius 2 is 2.24 bits per heavy atom. The van der Waals surface area contributed by atoms with E-state index in [-0.39, 0.29) is 0 Å². The van der Waals surface area contributed by atoms with Gasteiger partial charge in [0.1, 0.15) is 0 Å². The summed E-state index contributed by atoms with van der Waals surface area (Å²) >= 11 is 0. The SMILES string of the molecule is CCN(Cc1cn2cccnc2n1)C1CCCCC1CN. The largest absolute Gasteiger partial charge is 0.330 e. The highest BCUT2D eigenvalue weighted by atomic mass is 15.2. The lowest BCUT2D eigenvalue weighted by molar-refractivity contribution is 0.104. The number of nitrogens with two attached hydrogens (primary N) is 1. The molecule has 2 heterocycles. The summed E-state index contributed by atoms with van der Waals surface area (Å²) in [6, 6.07) is 2.54. The molecule has 2 N–H and O–H groups in total. The number of rotatable bonds is 5. The lowest BCUT2D eigenvalue weighted by Gasteiger charge is -2.38. The van der Waals surface area contributed by atoms with Crippen LogP contribution in [0.2, 0.25) is 0 Å². The summed E-state index contributed by atoms with van der Waals surface area (Å²) in [5, 5.41) is 0. The second-order valence-electron chi connectivity index (χ2n) is 5.97. The number of aromatic nitrogens is 3. The molecule has 114 valence electrons. The summed E-state index contributed by atoms with van der Waals surface area (Å²) in [5.74, 6) is 1.41. The maximum Gasteiger partial charge on any atom is 0.233 e. The molecule has 1 saturated carbocycles. The molecule has 2 unspecified atom stereocenters. The van der Waals surface area contributed by atoms with Gasteiger partial charge in [0, 0.05) is 31.2 Å². The van der Waals surface area contributed by atoms with Gasteiger partial charge < -0.3 is 5.73 Å². The maximum atomic E-state index is 5.98. The van der Waals surface area contributed by atoms with Gasteiger partial charge in [0.25, 0.3) is 0 Å². The van der Waals surface area contributed by atoms with Crippen LogP contribution in [-0.4, -0.2) is 38.4 Å². The van der Waals surface area contributed by atoms with Crippen molar-refractivity contribution in [3.8, 4) is 0 Å². The highest BCUT2D eigenvalue weighted by Crippen LogP contribution is 2.28. The van der Waals surface area contributed by atoms with E-state index in [1.165, 1.54) is 25.7 Å². The quantitative estimate of drug-likeness (QED) is 0.914. The fraction of sp³-hybridized carbons (Fsp3) is 0.625. The van der Waals surface area contributed by atoms with Crippen LogP contribution in [0.4, 0.5) is 0 Å². The van der Waals surface area contributed by atoms with Gasteiger partial charge in [-0.25, -0.2) is 9.97 Å². The molecule has 1 aliphatic rings. The zero-order valence-electron chi connectivity index (χ0n) is 12.8. The van der Waals surface area contributed by atoms with Gasteiger partial charge in [-0.2, -0.15) is 0 Å².